The van der Waals surface area contributed by atoms with Gasteiger partial charge >= 0.3 is 0 Å². The van der Waals surface area contributed by atoms with Crippen LogP contribution in [0.4, 0.5) is 0 Å². The second-order valence-corrected chi connectivity index (χ2v) is 5.21. The Hall–Kier alpha value is -0.830. The Bertz CT molecular complexity index is 512. The third-order valence-corrected chi connectivity index (χ3v) is 3.84. The molecule has 3 heteroatoms. The molecule has 0 unspecified atom stereocenters. The lowest BCUT2D eigenvalue weighted by atomic mass is 9.85. The van der Waals surface area contributed by atoms with Gasteiger partial charge in [-0.2, -0.15) is 0 Å². The molecule has 1 aliphatic carbocycles. The molecule has 0 spiro atoms. The molecule has 0 bridgehead atoms. The van der Waals surface area contributed by atoms with Crippen LogP contribution in [0.2, 0.25) is 0 Å². The van der Waals surface area contributed by atoms with E-state index in [1.807, 2.05) is 0 Å². The number of hydrogen-bond donors (Lipinski definition) is 0. The maximum Gasteiger partial charge on any atom is 0.112 e. The number of fused-ring (bicyclic) bond motifs is 1. The first-order chi connectivity index (χ1) is 7.25. The fourth-order valence-corrected chi connectivity index (χ4v) is 2.57. The monoisotopic (exact) mass is 264 g/mol. The van der Waals surface area contributed by atoms with Crippen molar-refractivity contribution in [3.63, 3.8) is 0 Å². The zero-order valence-electron chi connectivity index (χ0n) is 8.70. The second kappa shape index (κ2) is 3.34. The Kier molecular flexibility index (Phi) is 2.09. The minimum absolute atomic E-state index is 0.696. The molecule has 1 aromatic heterocycles. The summed E-state index contributed by atoms with van der Waals surface area (Å²) in [6.45, 7) is 0. The van der Waals surface area contributed by atoms with Gasteiger partial charge in [0.15, 0.2) is 0 Å². The molecule has 0 amide bonds. The largest absolute Gasteiger partial charge is 0.331 e. The van der Waals surface area contributed by atoms with E-state index in [2.05, 4.69) is 45.7 Å². The number of imidazole rings is 1. The first-order valence-corrected chi connectivity index (χ1v) is 6.17. The molecule has 1 saturated carbocycles. The molecule has 78 valence electrons. The molecule has 0 aliphatic heterocycles. The molecule has 0 atom stereocenters. The van der Waals surface area contributed by atoms with Crippen LogP contribution in [0.3, 0.4) is 0 Å². The van der Waals surface area contributed by atoms with Crippen LogP contribution in [0.25, 0.3) is 11.0 Å². The molecule has 1 heterocycles. The van der Waals surface area contributed by atoms with E-state index in [0.717, 1.165) is 9.99 Å². The zero-order valence-corrected chi connectivity index (χ0v) is 10.3. The number of rotatable bonds is 1. The molecule has 0 saturated heterocycles. The highest BCUT2D eigenvalue weighted by atomic mass is 79.9. The van der Waals surface area contributed by atoms with Gasteiger partial charge in [0.05, 0.1) is 11.0 Å². The molecule has 1 aromatic carbocycles. The molecule has 1 fully saturated rings. The van der Waals surface area contributed by atoms with Crippen molar-refractivity contribution in [2.45, 2.75) is 25.2 Å². The van der Waals surface area contributed by atoms with Crippen molar-refractivity contribution in [3.05, 3.63) is 28.5 Å². The van der Waals surface area contributed by atoms with Gasteiger partial charge in [-0.15, -0.1) is 0 Å². The second-order valence-electron chi connectivity index (χ2n) is 4.29. The molecule has 1 aliphatic rings. The SMILES string of the molecule is Cn1c(C2CCC2)nc2cc(Br)ccc21. The summed E-state index contributed by atoms with van der Waals surface area (Å²) >= 11 is 3.49. The predicted molar refractivity (Wildman–Crippen MR) is 65.0 cm³/mol. The van der Waals surface area contributed by atoms with Crippen LogP contribution in [-0.2, 0) is 7.05 Å². The predicted octanol–water partition coefficient (Wildman–Crippen LogP) is 3.60. The summed E-state index contributed by atoms with van der Waals surface area (Å²) < 4.78 is 3.35. The van der Waals surface area contributed by atoms with Crippen LogP contribution in [0.1, 0.15) is 31.0 Å². The van der Waals surface area contributed by atoms with Gasteiger partial charge in [0.25, 0.3) is 0 Å². The first-order valence-electron chi connectivity index (χ1n) is 5.37. The average Bonchev–Trinajstić information content (AvgIpc) is 2.41. The van der Waals surface area contributed by atoms with Crippen molar-refractivity contribution < 1.29 is 0 Å². The summed E-state index contributed by atoms with van der Waals surface area (Å²) in [5.41, 5.74) is 2.34. The zero-order chi connectivity index (χ0) is 10.4. The van der Waals surface area contributed by atoms with Crippen molar-refractivity contribution in [1.82, 2.24) is 9.55 Å². The van der Waals surface area contributed by atoms with Crippen LogP contribution in [0.5, 0.6) is 0 Å². The van der Waals surface area contributed by atoms with Gasteiger partial charge in [0.1, 0.15) is 5.82 Å². The van der Waals surface area contributed by atoms with Gasteiger partial charge in [-0.1, -0.05) is 22.4 Å². The Morgan fingerprint density at radius 3 is 2.87 bits per heavy atom. The molecule has 0 N–H and O–H groups in total. The lowest BCUT2D eigenvalue weighted by Crippen LogP contribution is -2.13. The van der Waals surface area contributed by atoms with E-state index in [0.29, 0.717) is 5.92 Å². The summed E-state index contributed by atoms with van der Waals surface area (Å²) in [7, 11) is 2.12. The molecule has 2 aromatic rings. The van der Waals surface area contributed by atoms with Crippen molar-refractivity contribution in [2.75, 3.05) is 0 Å². The van der Waals surface area contributed by atoms with Gasteiger partial charge in [-0.25, -0.2) is 4.98 Å². The number of benzene rings is 1. The number of aromatic nitrogens is 2. The Morgan fingerprint density at radius 2 is 2.20 bits per heavy atom. The summed E-state index contributed by atoms with van der Waals surface area (Å²) in [5.74, 6) is 1.95. The third-order valence-electron chi connectivity index (χ3n) is 3.35. The third kappa shape index (κ3) is 1.41. The Labute approximate surface area is 97.4 Å². The minimum Gasteiger partial charge on any atom is -0.331 e. The Balaban J connectivity index is 2.19. The van der Waals surface area contributed by atoms with Gasteiger partial charge in [0, 0.05) is 17.4 Å². The maximum atomic E-state index is 4.73. The van der Waals surface area contributed by atoms with Crippen molar-refractivity contribution in [2.24, 2.45) is 7.05 Å². The summed E-state index contributed by atoms with van der Waals surface area (Å²) in [6.07, 6.45) is 3.97. The lowest BCUT2D eigenvalue weighted by Gasteiger charge is -2.24. The van der Waals surface area contributed by atoms with E-state index in [4.69, 9.17) is 4.98 Å². The quantitative estimate of drug-likeness (QED) is 0.770. The van der Waals surface area contributed by atoms with Crippen molar-refractivity contribution in [3.8, 4) is 0 Å². The maximum absolute atomic E-state index is 4.73. The lowest BCUT2D eigenvalue weighted by molar-refractivity contribution is 0.395. The van der Waals surface area contributed by atoms with Crippen LogP contribution < -0.4 is 0 Å². The standard InChI is InChI=1S/C12H13BrN2/c1-15-11-6-5-9(13)7-10(11)14-12(15)8-3-2-4-8/h5-8H,2-4H2,1H3. The van der Waals surface area contributed by atoms with E-state index in [1.165, 1.54) is 30.6 Å². The fourth-order valence-electron chi connectivity index (χ4n) is 2.22. The highest BCUT2D eigenvalue weighted by Gasteiger charge is 2.24. The van der Waals surface area contributed by atoms with Gasteiger partial charge in [0.2, 0.25) is 0 Å². The average molecular weight is 265 g/mol. The molecule has 3 rings (SSSR count). The molecule has 15 heavy (non-hydrogen) atoms. The molecular formula is C12H13BrN2. The van der Waals surface area contributed by atoms with E-state index >= 15 is 0 Å². The van der Waals surface area contributed by atoms with Gasteiger partial charge < -0.3 is 4.57 Å². The van der Waals surface area contributed by atoms with Gasteiger partial charge in [-0.3, -0.25) is 0 Å². The summed E-state index contributed by atoms with van der Waals surface area (Å²) in [5, 5.41) is 0. The van der Waals surface area contributed by atoms with Crippen LogP contribution in [-0.4, -0.2) is 9.55 Å². The smallest absolute Gasteiger partial charge is 0.112 e. The normalized spacial score (nSPS) is 16.9. The minimum atomic E-state index is 0.696. The number of nitrogens with zero attached hydrogens (tertiary/aromatic N) is 2. The van der Waals surface area contributed by atoms with Crippen LogP contribution in [0.15, 0.2) is 22.7 Å². The number of hydrogen-bond acceptors (Lipinski definition) is 1. The van der Waals surface area contributed by atoms with Crippen LogP contribution >= 0.6 is 15.9 Å². The number of halogens is 1. The summed E-state index contributed by atoms with van der Waals surface area (Å²) in [4.78, 5) is 4.73. The van der Waals surface area contributed by atoms with Crippen molar-refractivity contribution in [1.29, 1.82) is 0 Å². The highest BCUT2D eigenvalue weighted by Crippen LogP contribution is 2.36. The van der Waals surface area contributed by atoms with E-state index in [1.54, 1.807) is 0 Å². The van der Waals surface area contributed by atoms with E-state index < -0.39 is 0 Å². The van der Waals surface area contributed by atoms with Crippen molar-refractivity contribution >= 4 is 27.0 Å². The molecular weight excluding hydrogens is 252 g/mol. The van der Waals surface area contributed by atoms with Crippen LogP contribution in [0, 0.1) is 0 Å². The topological polar surface area (TPSA) is 17.8 Å². The Morgan fingerprint density at radius 1 is 1.40 bits per heavy atom. The van der Waals surface area contributed by atoms with E-state index in [9.17, 15) is 0 Å². The molecule has 2 nitrogen and oxygen atoms in total. The first kappa shape index (κ1) is 9.40. The number of aryl methyl sites for hydroxylation is 1. The van der Waals surface area contributed by atoms with Gasteiger partial charge in [-0.05, 0) is 31.0 Å². The molecule has 0 radical (unpaired) electrons. The fraction of sp³-hybridized carbons (Fsp3) is 0.417. The summed E-state index contributed by atoms with van der Waals surface area (Å²) in [6, 6.07) is 6.31. The van der Waals surface area contributed by atoms with E-state index in [-0.39, 0.29) is 0 Å². The highest BCUT2D eigenvalue weighted by molar-refractivity contribution is 9.10.